The molecule has 0 saturated carbocycles. The number of nitrogens with one attached hydrogen (secondary N) is 2. The molecule has 0 fully saturated rings. The van der Waals surface area contributed by atoms with Crippen molar-refractivity contribution in [2.75, 3.05) is 0 Å². The smallest absolute Gasteiger partial charge is 0.340 e. The van der Waals surface area contributed by atoms with Gasteiger partial charge in [0, 0.05) is 22.2 Å². The van der Waals surface area contributed by atoms with Crippen LogP contribution in [0, 0.1) is 0 Å². The average Bonchev–Trinajstić information content (AvgIpc) is 2.83. The zero-order valence-electron chi connectivity index (χ0n) is 11.8. The predicted octanol–water partition coefficient (Wildman–Crippen LogP) is 3.66. The number of halogens is 2. The van der Waals surface area contributed by atoms with E-state index in [1.807, 2.05) is 0 Å². The van der Waals surface area contributed by atoms with Crippen LogP contribution in [-0.2, 0) is 11.3 Å². The van der Waals surface area contributed by atoms with Gasteiger partial charge in [0.2, 0.25) is 6.23 Å². The maximum atomic E-state index is 12.0. The Morgan fingerprint density at radius 2 is 1.96 bits per heavy atom. The van der Waals surface area contributed by atoms with Gasteiger partial charge in [-0.1, -0.05) is 47.5 Å². The van der Waals surface area contributed by atoms with Crippen LogP contribution in [0.25, 0.3) is 0 Å². The number of esters is 1. The number of fused-ring (bicyclic) bond motifs is 1. The molecule has 0 aromatic heterocycles. The van der Waals surface area contributed by atoms with E-state index in [1.165, 1.54) is 0 Å². The quantitative estimate of drug-likeness (QED) is 0.830. The van der Waals surface area contributed by atoms with Gasteiger partial charge in [0.25, 0.3) is 0 Å². The largest absolute Gasteiger partial charge is 0.434 e. The van der Waals surface area contributed by atoms with Crippen molar-refractivity contribution in [1.82, 2.24) is 10.6 Å². The second-order valence-corrected chi connectivity index (χ2v) is 5.78. The second-order valence-electron chi connectivity index (χ2n) is 4.94. The van der Waals surface area contributed by atoms with E-state index in [1.54, 1.807) is 42.5 Å². The third kappa shape index (κ3) is 3.41. The summed E-state index contributed by atoms with van der Waals surface area (Å²) < 4.78 is 5.14. The molecular formula is C16H12Cl2N2O3. The third-order valence-corrected chi connectivity index (χ3v) is 3.99. The van der Waals surface area contributed by atoms with Gasteiger partial charge < -0.3 is 10.1 Å². The zero-order valence-corrected chi connectivity index (χ0v) is 13.3. The number of urea groups is 1. The summed E-state index contributed by atoms with van der Waals surface area (Å²) >= 11 is 11.9. The minimum Gasteiger partial charge on any atom is -0.434 e. The highest BCUT2D eigenvalue weighted by Crippen LogP contribution is 2.28. The molecule has 2 aromatic carbocycles. The van der Waals surface area contributed by atoms with Crippen LogP contribution in [0.4, 0.5) is 4.79 Å². The first kappa shape index (κ1) is 15.6. The van der Waals surface area contributed by atoms with Crippen LogP contribution in [0.2, 0.25) is 10.0 Å². The molecule has 0 saturated heterocycles. The molecule has 2 N–H and O–H groups in total. The molecule has 3 rings (SSSR count). The Hall–Kier alpha value is -2.24. The molecule has 2 amide bonds. The van der Waals surface area contributed by atoms with Gasteiger partial charge in [0.15, 0.2) is 0 Å². The molecule has 118 valence electrons. The highest BCUT2D eigenvalue weighted by molar-refractivity contribution is 6.35. The Labute approximate surface area is 142 Å². The number of carbonyl (C=O) groups excluding carboxylic acids is 2. The highest BCUT2D eigenvalue weighted by Gasteiger charge is 2.31. The first-order valence-electron chi connectivity index (χ1n) is 6.83. The van der Waals surface area contributed by atoms with E-state index < -0.39 is 18.2 Å². The van der Waals surface area contributed by atoms with Crippen molar-refractivity contribution in [3.8, 4) is 0 Å². The molecule has 7 heteroatoms. The van der Waals surface area contributed by atoms with Crippen molar-refractivity contribution in [1.29, 1.82) is 0 Å². The Kier molecular flexibility index (Phi) is 4.41. The molecule has 0 aliphatic carbocycles. The van der Waals surface area contributed by atoms with Crippen molar-refractivity contribution in [3.63, 3.8) is 0 Å². The first-order valence-corrected chi connectivity index (χ1v) is 7.58. The van der Waals surface area contributed by atoms with Crippen LogP contribution in [0.1, 0.15) is 27.7 Å². The fraction of sp³-hybridized carbons (Fsp3) is 0.125. The predicted molar refractivity (Wildman–Crippen MR) is 86.4 cm³/mol. The molecule has 1 atom stereocenters. The number of amides is 2. The summed E-state index contributed by atoms with van der Waals surface area (Å²) in [5.74, 6) is -0.452. The lowest BCUT2D eigenvalue weighted by atomic mass is 10.1. The van der Waals surface area contributed by atoms with Gasteiger partial charge in [-0.05, 0) is 23.8 Å². The maximum Gasteiger partial charge on any atom is 0.340 e. The number of benzene rings is 2. The average molecular weight is 351 g/mol. The summed E-state index contributed by atoms with van der Waals surface area (Å²) in [6.45, 7) is 0.226. The van der Waals surface area contributed by atoms with Crippen molar-refractivity contribution in [3.05, 3.63) is 69.2 Å². The molecule has 1 unspecified atom stereocenters. The molecule has 1 heterocycles. The standard InChI is InChI=1S/C16H12Cl2N2O3/c17-10-6-5-9(13(18)7-10)8-19-16(22)20-14-11-3-1-2-4-12(11)15(21)23-14/h1-7,14H,8H2,(H2,19,20,22). The Morgan fingerprint density at radius 1 is 1.17 bits per heavy atom. The molecule has 0 radical (unpaired) electrons. The highest BCUT2D eigenvalue weighted by atomic mass is 35.5. The lowest BCUT2D eigenvalue weighted by Crippen LogP contribution is -2.37. The number of cyclic esters (lactones) is 1. The molecule has 1 aliphatic rings. The van der Waals surface area contributed by atoms with Crippen LogP contribution < -0.4 is 10.6 Å². The zero-order chi connectivity index (χ0) is 16.4. The molecule has 2 aromatic rings. The summed E-state index contributed by atoms with van der Waals surface area (Å²) in [5, 5.41) is 6.26. The van der Waals surface area contributed by atoms with Crippen molar-refractivity contribution >= 4 is 35.2 Å². The minimum atomic E-state index is -0.792. The van der Waals surface area contributed by atoms with Gasteiger partial charge in [-0.25, -0.2) is 9.59 Å². The Morgan fingerprint density at radius 3 is 2.74 bits per heavy atom. The van der Waals surface area contributed by atoms with Gasteiger partial charge in [0.1, 0.15) is 0 Å². The Balaban J connectivity index is 1.61. The second kappa shape index (κ2) is 6.48. The van der Waals surface area contributed by atoms with Crippen molar-refractivity contribution in [2.45, 2.75) is 12.8 Å². The van der Waals surface area contributed by atoms with Crippen LogP contribution >= 0.6 is 23.2 Å². The Bertz CT molecular complexity index is 780. The summed E-state index contributed by atoms with van der Waals surface area (Å²) in [4.78, 5) is 23.7. The number of hydrogen-bond donors (Lipinski definition) is 2. The fourth-order valence-electron chi connectivity index (χ4n) is 2.26. The van der Waals surface area contributed by atoms with Crippen molar-refractivity contribution < 1.29 is 14.3 Å². The van der Waals surface area contributed by atoms with Crippen LogP contribution in [0.15, 0.2) is 42.5 Å². The van der Waals surface area contributed by atoms with E-state index in [2.05, 4.69) is 10.6 Å². The monoisotopic (exact) mass is 350 g/mol. The SMILES string of the molecule is O=C(NCc1ccc(Cl)cc1Cl)NC1OC(=O)c2ccccc21. The number of hydrogen-bond acceptors (Lipinski definition) is 3. The summed E-state index contributed by atoms with van der Waals surface area (Å²) in [6.07, 6.45) is -0.792. The van der Waals surface area contributed by atoms with E-state index in [-0.39, 0.29) is 6.54 Å². The third-order valence-electron chi connectivity index (χ3n) is 3.40. The lowest BCUT2D eigenvalue weighted by molar-refractivity contribution is 0.0337. The van der Waals surface area contributed by atoms with Gasteiger partial charge in [-0.3, -0.25) is 5.32 Å². The van der Waals surface area contributed by atoms with E-state index in [0.717, 1.165) is 5.56 Å². The summed E-state index contributed by atoms with van der Waals surface area (Å²) in [7, 11) is 0. The molecule has 5 nitrogen and oxygen atoms in total. The van der Waals surface area contributed by atoms with Crippen LogP contribution in [-0.4, -0.2) is 12.0 Å². The molecule has 23 heavy (non-hydrogen) atoms. The first-order chi connectivity index (χ1) is 11.0. The van der Waals surface area contributed by atoms with E-state index in [4.69, 9.17) is 27.9 Å². The van der Waals surface area contributed by atoms with Crippen LogP contribution in [0.5, 0.6) is 0 Å². The van der Waals surface area contributed by atoms with Gasteiger partial charge >= 0.3 is 12.0 Å². The van der Waals surface area contributed by atoms with Gasteiger partial charge in [0.05, 0.1) is 5.56 Å². The summed E-state index contributed by atoms with van der Waals surface area (Å²) in [6, 6.07) is 11.5. The summed E-state index contributed by atoms with van der Waals surface area (Å²) in [5.41, 5.74) is 1.82. The number of ether oxygens (including phenoxy) is 1. The van der Waals surface area contributed by atoms with Gasteiger partial charge in [-0.2, -0.15) is 0 Å². The molecular weight excluding hydrogens is 339 g/mol. The minimum absolute atomic E-state index is 0.226. The molecule has 0 bridgehead atoms. The topological polar surface area (TPSA) is 67.4 Å². The van der Waals surface area contributed by atoms with E-state index in [0.29, 0.717) is 21.2 Å². The lowest BCUT2D eigenvalue weighted by Gasteiger charge is -2.14. The number of rotatable bonds is 3. The normalized spacial score (nSPS) is 15.7. The van der Waals surface area contributed by atoms with E-state index in [9.17, 15) is 9.59 Å². The molecule has 0 spiro atoms. The van der Waals surface area contributed by atoms with E-state index >= 15 is 0 Å². The van der Waals surface area contributed by atoms with Gasteiger partial charge in [-0.15, -0.1) is 0 Å². The van der Waals surface area contributed by atoms with Crippen molar-refractivity contribution in [2.24, 2.45) is 0 Å². The van der Waals surface area contributed by atoms with Crippen LogP contribution in [0.3, 0.4) is 0 Å². The fourth-order valence-corrected chi connectivity index (χ4v) is 2.74. The molecule has 1 aliphatic heterocycles. The number of carbonyl (C=O) groups is 2. The maximum absolute atomic E-state index is 12.0.